The first kappa shape index (κ1) is 21.0. The summed E-state index contributed by atoms with van der Waals surface area (Å²) in [6.45, 7) is 1.66. The molecule has 4 N–H and O–H groups in total. The van der Waals surface area contributed by atoms with Crippen LogP contribution in [0.3, 0.4) is 0 Å². The molecule has 0 spiro atoms. The van der Waals surface area contributed by atoms with Crippen LogP contribution in [0.25, 0.3) is 11.4 Å². The predicted octanol–water partition coefficient (Wildman–Crippen LogP) is 1.38. The van der Waals surface area contributed by atoms with Crippen LogP contribution in [-0.2, 0) is 4.84 Å². The normalized spacial score (nSPS) is 11.0. The highest BCUT2D eigenvalue weighted by Gasteiger charge is 2.23. The van der Waals surface area contributed by atoms with Crippen molar-refractivity contribution in [3.8, 4) is 23.3 Å². The van der Waals surface area contributed by atoms with E-state index in [1.807, 2.05) is 6.07 Å². The summed E-state index contributed by atoms with van der Waals surface area (Å²) in [5, 5.41) is 18.6. The number of hydrogen-bond donors (Lipinski definition) is 3. The lowest BCUT2D eigenvalue weighted by Gasteiger charge is -2.17. The lowest BCUT2D eigenvalue weighted by atomic mass is 10.1. The van der Waals surface area contributed by atoms with Crippen LogP contribution in [-0.4, -0.2) is 46.5 Å². The summed E-state index contributed by atoms with van der Waals surface area (Å²) in [6.07, 6.45) is 0. The Labute approximate surface area is 160 Å². The second kappa shape index (κ2) is 9.07. The lowest BCUT2D eigenvalue weighted by Crippen LogP contribution is -2.34. The average Bonchev–Trinajstić information content (AvgIpc) is 2.64. The molecule has 28 heavy (non-hydrogen) atoms. The van der Waals surface area contributed by atoms with Crippen molar-refractivity contribution in [3.05, 3.63) is 35.4 Å². The topological polar surface area (TPSA) is 143 Å². The van der Waals surface area contributed by atoms with E-state index in [0.29, 0.717) is 11.1 Å². The van der Waals surface area contributed by atoms with Crippen LogP contribution >= 0.6 is 0 Å². The van der Waals surface area contributed by atoms with E-state index in [0.717, 1.165) is 0 Å². The second-order valence-corrected chi connectivity index (χ2v) is 6.37. The number of rotatable bonds is 8. The molecule has 0 unspecified atom stereocenters. The second-order valence-electron chi connectivity index (χ2n) is 6.37. The van der Waals surface area contributed by atoms with Crippen molar-refractivity contribution in [3.63, 3.8) is 0 Å². The Morgan fingerprint density at radius 1 is 1.43 bits per heavy atom. The summed E-state index contributed by atoms with van der Waals surface area (Å²) in [5.74, 6) is -1.15. The van der Waals surface area contributed by atoms with Crippen molar-refractivity contribution < 1.29 is 23.9 Å². The molecule has 9 nitrogen and oxygen atoms in total. The molecule has 0 fully saturated rings. The minimum absolute atomic E-state index is 0.109. The van der Waals surface area contributed by atoms with Gasteiger partial charge in [-0.3, -0.25) is 9.63 Å². The van der Waals surface area contributed by atoms with Crippen LogP contribution < -0.4 is 16.0 Å². The van der Waals surface area contributed by atoms with Gasteiger partial charge in [0, 0.05) is 5.56 Å². The number of carbonyl (C=O) groups is 1. The van der Waals surface area contributed by atoms with Crippen molar-refractivity contribution in [2.45, 2.75) is 19.4 Å². The molecule has 2 aromatic rings. The molecule has 0 radical (unpaired) electrons. The van der Waals surface area contributed by atoms with Crippen molar-refractivity contribution in [1.29, 1.82) is 5.26 Å². The van der Waals surface area contributed by atoms with Crippen LogP contribution in [0, 0.1) is 11.3 Å². The number of nitriles is 1. The SMILES string of the molecule is CC(C)(O)CONC(=O)c1c(N)nc(-c2cccc(C#N)c2)nc1OCCF. The number of hydroxylamine groups is 1. The van der Waals surface area contributed by atoms with Crippen molar-refractivity contribution >= 4 is 11.7 Å². The molecule has 1 aromatic carbocycles. The quantitative estimate of drug-likeness (QED) is 0.575. The molecular formula is C18H20FN5O4. The average molecular weight is 389 g/mol. The number of benzene rings is 1. The molecule has 1 heterocycles. The maximum absolute atomic E-state index is 12.6. The van der Waals surface area contributed by atoms with Gasteiger partial charge in [-0.1, -0.05) is 12.1 Å². The fraction of sp³-hybridized carbons (Fsp3) is 0.333. The number of amides is 1. The number of nitrogens with two attached hydrogens (primary N) is 1. The summed E-state index contributed by atoms with van der Waals surface area (Å²) >= 11 is 0. The molecule has 10 heteroatoms. The Morgan fingerprint density at radius 3 is 2.82 bits per heavy atom. The Hall–Kier alpha value is -3.29. The van der Waals surface area contributed by atoms with Gasteiger partial charge in [0.15, 0.2) is 5.82 Å². The predicted molar refractivity (Wildman–Crippen MR) is 97.8 cm³/mol. The van der Waals surface area contributed by atoms with Gasteiger partial charge in [0.05, 0.1) is 17.2 Å². The highest BCUT2D eigenvalue weighted by atomic mass is 19.1. The molecule has 0 aliphatic carbocycles. The molecule has 0 saturated heterocycles. The first-order valence-electron chi connectivity index (χ1n) is 8.26. The molecule has 2 rings (SSSR count). The zero-order valence-electron chi connectivity index (χ0n) is 15.4. The Balaban J connectivity index is 2.37. The van der Waals surface area contributed by atoms with Gasteiger partial charge in [-0.15, -0.1) is 0 Å². The van der Waals surface area contributed by atoms with Crippen LogP contribution in [0.4, 0.5) is 10.2 Å². The van der Waals surface area contributed by atoms with E-state index in [1.54, 1.807) is 24.3 Å². The first-order valence-corrected chi connectivity index (χ1v) is 8.26. The molecule has 148 valence electrons. The highest BCUT2D eigenvalue weighted by molar-refractivity contribution is 6.00. The minimum atomic E-state index is -1.17. The van der Waals surface area contributed by atoms with Gasteiger partial charge in [0.25, 0.3) is 5.91 Å². The number of hydrogen-bond acceptors (Lipinski definition) is 8. The molecule has 0 aliphatic heterocycles. The number of ether oxygens (including phenoxy) is 1. The molecular weight excluding hydrogens is 369 g/mol. The monoisotopic (exact) mass is 389 g/mol. The number of alkyl halides is 1. The fourth-order valence-electron chi connectivity index (χ4n) is 2.10. The zero-order valence-corrected chi connectivity index (χ0v) is 15.4. The molecule has 1 aromatic heterocycles. The van der Waals surface area contributed by atoms with Crippen LogP contribution in [0.2, 0.25) is 0 Å². The van der Waals surface area contributed by atoms with Gasteiger partial charge >= 0.3 is 0 Å². The van der Waals surface area contributed by atoms with Crippen molar-refractivity contribution in [2.24, 2.45) is 0 Å². The van der Waals surface area contributed by atoms with E-state index in [-0.39, 0.29) is 36.3 Å². The Bertz CT molecular complexity index is 893. The summed E-state index contributed by atoms with van der Waals surface area (Å²) in [7, 11) is 0. The van der Waals surface area contributed by atoms with Gasteiger partial charge in [0.1, 0.15) is 31.3 Å². The standard InChI is InChI=1S/C18H20FN5O4/c1-18(2,26)10-28-24-16(25)13-14(21)22-15(23-17(13)27-7-6-19)12-5-3-4-11(8-12)9-20/h3-5,8,26H,6-7,10H2,1-2H3,(H,24,25)(H2,21,22,23). The molecule has 0 bridgehead atoms. The number of aromatic nitrogens is 2. The summed E-state index contributed by atoms with van der Waals surface area (Å²) in [6, 6.07) is 8.44. The number of anilines is 1. The number of halogens is 1. The van der Waals surface area contributed by atoms with Gasteiger partial charge < -0.3 is 15.6 Å². The number of nitrogens with one attached hydrogen (secondary N) is 1. The van der Waals surface area contributed by atoms with Crippen molar-refractivity contribution in [2.75, 3.05) is 25.6 Å². The third kappa shape index (κ3) is 5.60. The van der Waals surface area contributed by atoms with Crippen molar-refractivity contribution in [1.82, 2.24) is 15.4 Å². The van der Waals surface area contributed by atoms with Gasteiger partial charge in [-0.25, -0.2) is 14.9 Å². The molecule has 0 atom stereocenters. The summed E-state index contributed by atoms with van der Waals surface area (Å²) in [4.78, 5) is 25.6. The van der Waals surface area contributed by atoms with E-state index in [2.05, 4.69) is 15.4 Å². The maximum Gasteiger partial charge on any atom is 0.284 e. The Morgan fingerprint density at radius 2 is 2.18 bits per heavy atom. The lowest BCUT2D eigenvalue weighted by molar-refractivity contribution is -0.0523. The van der Waals surface area contributed by atoms with Crippen LogP contribution in [0.1, 0.15) is 29.8 Å². The molecule has 0 aliphatic rings. The number of aliphatic hydroxyl groups is 1. The minimum Gasteiger partial charge on any atom is -0.474 e. The van der Waals surface area contributed by atoms with Crippen LogP contribution in [0.5, 0.6) is 5.88 Å². The largest absolute Gasteiger partial charge is 0.474 e. The number of carbonyl (C=O) groups excluding carboxylic acids is 1. The van der Waals surface area contributed by atoms with Gasteiger partial charge in [-0.05, 0) is 26.0 Å². The van der Waals surface area contributed by atoms with E-state index < -0.39 is 18.2 Å². The van der Waals surface area contributed by atoms with Crippen LogP contribution in [0.15, 0.2) is 24.3 Å². The van der Waals surface area contributed by atoms with E-state index in [9.17, 15) is 14.3 Å². The van der Waals surface area contributed by atoms with E-state index in [1.165, 1.54) is 13.8 Å². The van der Waals surface area contributed by atoms with Gasteiger partial charge in [0.2, 0.25) is 5.88 Å². The Kier molecular flexibility index (Phi) is 6.81. The van der Waals surface area contributed by atoms with E-state index >= 15 is 0 Å². The molecule has 1 amide bonds. The summed E-state index contributed by atoms with van der Waals surface area (Å²) < 4.78 is 17.8. The summed E-state index contributed by atoms with van der Waals surface area (Å²) in [5.41, 5.74) is 7.47. The smallest absolute Gasteiger partial charge is 0.284 e. The zero-order chi connectivity index (χ0) is 20.7. The highest BCUT2D eigenvalue weighted by Crippen LogP contribution is 2.26. The molecule has 0 saturated carbocycles. The van der Waals surface area contributed by atoms with Gasteiger partial charge in [-0.2, -0.15) is 10.2 Å². The first-order chi connectivity index (χ1) is 13.2. The fourth-order valence-corrected chi connectivity index (χ4v) is 2.10. The third-order valence-corrected chi connectivity index (χ3v) is 3.29. The number of nitrogens with zero attached hydrogens (tertiary/aromatic N) is 3. The maximum atomic E-state index is 12.6. The number of nitrogen functional groups attached to an aromatic ring is 1. The third-order valence-electron chi connectivity index (χ3n) is 3.29. The van der Waals surface area contributed by atoms with E-state index in [4.69, 9.17) is 20.6 Å².